The maximum Gasteiger partial charge on any atom is 0.245 e. The molecule has 1 aliphatic rings. The summed E-state index contributed by atoms with van der Waals surface area (Å²) in [6.07, 6.45) is 2.79. The first-order chi connectivity index (χ1) is 27.3. The minimum absolute atomic E-state index is 0. The Balaban J connectivity index is 0.00000600. The van der Waals surface area contributed by atoms with Crippen LogP contribution in [0.5, 0.6) is 0 Å². The molecular weight excluding hydrogens is 850 g/mol. The first kappa shape index (κ1) is 54.1. The molecule has 1 saturated heterocycles. The van der Waals surface area contributed by atoms with E-state index in [1.807, 2.05) is 86.6 Å². The molecule has 13 nitrogen and oxygen atoms in total. The van der Waals surface area contributed by atoms with Crippen molar-refractivity contribution in [2.45, 2.75) is 101 Å². The molecule has 0 saturated carbocycles. The number of likely N-dealkylation sites (tertiary alicyclic amines) is 1. The Bertz CT molecular complexity index is 1770. The topological polar surface area (TPSA) is 215 Å². The van der Waals surface area contributed by atoms with Crippen LogP contribution >= 0.6 is 48.8 Å². The van der Waals surface area contributed by atoms with Crippen LogP contribution in [0.2, 0.25) is 5.02 Å². The average molecular weight is 913 g/mol. The molecule has 3 aromatic rings. The summed E-state index contributed by atoms with van der Waals surface area (Å²) in [5.74, 6) is -2.15. The van der Waals surface area contributed by atoms with Gasteiger partial charge < -0.3 is 43.4 Å². The quantitative estimate of drug-likeness (QED) is 0.0822. The number of hydrogen-bond acceptors (Lipinski definition) is 8. The van der Waals surface area contributed by atoms with Crippen molar-refractivity contribution in [3.8, 4) is 0 Å². The molecule has 1 aliphatic heterocycles. The Hall–Kier alpha value is -3.95. The van der Waals surface area contributed by atoms with Gasteiger partial charge in [0, 0.05) is 31.1 Å². The molecule has 0 aromatic heterocycles. The van der Waals surface area contributed by atoms with E-state index in [9.17, 15) is 24.0 Å². The van der Waals surface area contributed by atoms with Gasteiger partial charge in [-0.3, -0.25) is 24.0 Å². The number of benzene rings is 3. The van der Waals surface area contributed by atoms with Crippen molar-refractivity contribution in [1.29, 1.82) is 0 Å². The summed E-state index contributed by atoms with van der Waals surface area (Å²) in [5, 5.41) is 12.1. The fourth-order valence-corrected chi connectivity index (χ4v) is 6.96. The largest absolute Gasteiger partial charge is 0.350 e. The van der Waals surface area contributed by atoms with E-state index < -0.39 is 47.4 Å². The number of rotatable bonds is 20. The number of piperidine rings is 1. The minimum atomic E-state index is -1.16. The van der Waals surface area contributed by atoms with Crippen molar-refractivity contribution < 1.29 is 24.0 Å². The number of nitrogens with zero attached hydrogens (tertiary/aromatic N) is 1. The van der Waals surface area contributed by atoms with Crippen molar-refractivity contribution in [3.63, 3.8) is 0 Å². The molecule has 5 amide bonds. The van der Waals surface area contributed by atoms with E-state index in [4.69, 9.17) is 28.8 Å². The third-order valence-corrected chi connectivity index (χ3v) is 10.5. The smallest absolute Gasteiger partial charge is 0.245 e. The maximum atomic E-state index is 14.1. The van der Waals surface area contributed by atoms with E-state index in [2.05, 4.69) is 21.3 Å². The predicted octanol–water partition coefficient (Wildman–Crippen LogP) is 3.98. The fourth-order valence-electron chi connectivity index (χ4n) is 6.83. The molecule has 3 aromatic carbocycles. The number of hydrogen-bond donors (Lipinski definition) is 7. The summed E-state index contributed by atoms with van der Waals surface area (Å²) in [5.41, 5.74) is 20.0. The van der Waals surface area contributed by atoms with Crippen LogP contribution in [0.4, 0.5) is 0 Å². The van der Waals surface area contributed by atoms with Gasteiger partial charge in [0.25, 0.3) is 0 Å². The zero-order valence-electron chi connectivity index (χ0n) is 34.3. The zero-order chi connectivity index (χ0) is 41.4. The summed E-state index contributed by atoms with van der Waals surface area (Å²) >= 11 is 5.98. The van der Waals surface area contributed by atoms with Gasteiger partial charge in [-0.2, -0.15) is 0 Å². The molecule has 60 heavy (non-hydrogen) atoms. The molecule has 0 aliphatic carbocycles. The molecule has 1 heterocycles. The van der Waals surface area contributed by atoms with Crippen molar-refractivity contribution >= 4 is 78.4 Å². The van der Waals surface area contributed by atoms with Crippen LogP contribution in [0.25, 0.3) is 0 Å². The molecule has 4 atom stereocenters. The molecule has 10 N–H and O–H groups in total. The lowest BCUT2D eigenvalue weighted by atomic mass is 9.87. The van der Waals surface area contributed by atoms with Gasteiger partial charge in [-0.15, -0.1) is 37.2 Å². The monoisotopic (exact) mass is 910 g/mol. The molecule has 0 unspecified atom stereocenters. The molecule has 1 fully saturated rings. The molecule has 0 spiro atoms. The Labute approximate surface area is 377 Å². The highest BCUT2D eigenvalue weighted by atomic mass is 35.5. The normalized spacial score (nSPS) is 15.0. The van der Waals surface area contributed by atoms with E-state index in [0.717, 1.165) is 16.7 Å². The van der Waals surface area contributed by atoms with Crippen LogP contribution in [-0.2, 0) is 43.4 Å². The van der Waals surface area contributed by atoms with Crippen LogP contribution < -0.4 is 38.5 Å². The second-order valence-electron chi connectivity index (χ2n) is 15.4. The molecule has 17 heteroatoms. The van der Waals surface area contributed by atoms with Gasteiger partial charge >= 0.3 is 0 Å². The van der Waals surface area contributed by atoms with E-state index in [1.165, 1.54) is 0 Å². The van der Waals surface area contributed by atoms with Crippen molar-refractivity contribution in [2.75, 3.05) is 19.6 Å². The maximum absolute atomic E-state index is 14.1. The summed E-state index contributed by atoms with van der Waals surface area (Å²) in [4.78, 5) is 70.2. The SMILES string of the molecule is CC(C)C[C@@H](NC(=O)[C@@H](Cc1ccccc1)NC(=O)[C@H](N)Cc1ccccc1)C(=O)N[C@H](CCCCN)C(=O)N1CCC(N)(C(=O)NCc2ccc(Cl)cc2)CC1.Cl.Cl.Cl. The van der Waals surface area contributed by atoms with Gasteiger partial charge in [0.1, 0.15) is 18.1 Å². The number of amides is 5. The number of carbonyl (C=O) groups excluding carboxylic acids is 5. The van der Waals surface area contributed by atoms with E-state index in [1.54, 1.807) is 17.0 Å². The second-order valence-corrected chi connectivity index (χ2v) is 15.8. The van der Waals surface area contributed by atoms with Crippen LogP contribution in [-0.4, -0.2) is 83.8 Å². The Morgan fingerprint density at radius 3 is 1.77 bits per heavy atom. The van der Waals surface area contributed by atoms with E-state index in [-0.39, 0.29) is 100 Å². The van der Waals surface area contributed by atoms with Crippen molar-refractivity contribution in [3.05, 3.63) is 107 Å². The average Bonchev–Trinajstić information content (AvgIpc) is 3.20. The highest BCUT2D eigenvalue weighted by Gasteiger charge is 2.40. The predicted molar refractivity (Wildman–Crippen MR) is 244 cm³/mol. The van der Waals surface area contributed by atoms with Gasteiger partial charge in [0.05, 0.1) is 11.6 Å². The highest BCUT2D eigenvalue weighted by Crippen LogP contribution is 2.22. The Kier molecular flexibility index (Phi) is 24.4. The number of carbonyl (C=O) groups is 5. The van der Waals surface area contributed by atoms with E-state index >= 15 is 0 Å². The lowest BCUT2D eigenvalue weighted by molar-refractivity contribution is -0.140. The minimum Gasteiger partial charge on any atom is -0.350 e. The van der Waals surface area contributed by atoms with Crippen LogP contribution in [0.1, 0.15) is 69.1 Å². The molecule has 0 bridgehead atoms. The van der Waals surface area contributed by atoms with Gasteiger partial charge in [0.2, 0.25) is 29.5 Å². The first-order valence-corrected chi connectivity index (χ1v) is 20.2. The van der Waals surface area contributed by atoms with Gasteiger partial charge in [-0.25, -0.2) is 0 Å². The van der Waals surface area contributed by atoms with E-state index in [0.29, 0.717) is 37.4 Å². The van der Waals surface area contributed by atoms with Crippen LogP contribution in [0.15, 0.2) is 84.9 Å². The number of nitrogens with two attached hydrogens (primary N) is 3. The Morgan fingerprint density at radius 2 is 1.22 bits per heavy atom. The number of unbranched alkanes of at least 4 members (excludes halogenated alkanes) is 1. The number of nitrogens with one attached hydrogen (secondary N) is 4. The standard InChI is InChI=1S/C43H59ClN8O5.3ClH/c1-29(2)25-36(51-40(55)37(27-31-13-7-4-8-14-31)50-38(53)34(46)26-30-11-5-3-6-12-30)39(54)49-35(15-9-10-22-45)41(56)52-23-20-43(47,21-24-52)42(57)48-28-32-16-18-33(44)19-17-32;;;/h3-8,11-14,16-19,29,34-37H,9-10,15,20-28,45-47H2,1-2H3,(H,48,57)(H,49,54)(H,50,53)(H,51,55);3*1H/t34-,35-,36-,37-;;;/m1.../s1. The molecule has 332 valence electrons. The highest BCUT2D eigenvalue weighted by molar-refractivity contribution is 6.30. The zero-order valence-corrected chi connectivity index (χ0v) is 37.5. The third-order valence-electron chi connectivity index (χ3n) is 10.2. The number of halogens is 4. The van der Waals surface area contributed by atoms with Crippen molar-refractivity contribution in [2.24, 2.45) is 23.1 Å². The summed E-state index contributed by atoms with van der Waals surface area (Å²) in [6.45, 7) is 5.04. The first-order valence-electron chi connectivity index (χ1n) is 19.8. The van der Waals surface area contributed by atoms with Crippen LogP contribution in [0.3, 0.4) is 0 Å². The third kappa shape index (κ3) is 17.2. The lowest BCUT2D eigenvalue weighted by Gasteiger charge is -2.39. The summed E-state index contributed by atoms with van der Waals surface area (Å²) in [6, 6.07) is 22.0. The van der Waals surface area contributed by atoms with Gasteiger partial charge in [-0.1, -0.05) is 98.2 Å². The van der Waals surface area contributed by atoms with Gasteiger partial charge in [-0.05, 0) is 86.2 Å². The molecule has 4 rings (SSSR count). The molecular formula is C43H62Cl4N8O5. The lowest BCUT2D eigenvalue weighted by Crippen LogP contribution is -2.62. The summed E-state index contributed by atoms with van der Waals surface area (Å²) in [7, 11) is 0. The Morgan fingerprint density at radius 1 is 0.700 bits per heavy atom. The van der Waals surface area contributed by atoms with Gasteiger partial charge in [0.15, 0.2) is 0 Å². The summed E-state index contributed by atoms with van der Waals surface area (Å²) < 4.78 is 0. The van der Waals surface area contributed by atoms with Crippen molar-refractivity contribution in [1.82, 2.24) is 26.2 Å². The second kappa shape index (κ2) is 27.1. The molecule has 0 radical (unpaired) electrons. The van der Waals surface area contributed by atoms with Crippen LogP contribution in [0, 0.1) is 5.92 Å². The fraction of sp³-hybridized carbons (Fsp3) is 0.465.